The Kier molecular flexibility index (Phi) is 5.30. The van der Waals surface area contributed by atoms with Crippen molar-refractivity contribution in [3.05, 3.63) is 34.8 Å². The smallest absolute Gasteiger partial charge is 0.257 e. The number of anilines is 2. The molecule has 1 aliphatic carbocycles. The van der Waals surface area contributed by atoms with Gasteiger partial charge in [0.25, 0.3) is 5.91 Å². The monoisotopic (exact) mass is 399 g/mol. The molecule has 28 heavy (non-hydrogen) atoms. The van der Waals surface area contributed by atoms with Crippen molar-refractivity contribution in [1.29, 1.82) is 0 Å². The van der Waals surface area contributed by atoms with Crippen molar-refractivity contribution in [2.24, 2.45) is 5.92 Å². The first-order valence-corrected chi connectivity index (χ1v) is 10.6. The predicted molar refractivity (Wildman–Crippen MR) is 109 cm³/mol. The van der Waals surface area contributed by atoms with E-state index in [9.17, 15) is 9.59 Å². The van der Waals surface area contributed by atoms with Gasteiger partial charge in [-0.05, 0) is 30.9 Å². The number of carbonyl (C=O) groups is 2. The number of nitrogens with zero attached hydrogens (tertiary/aromatic N) is 3. The molecule has 0 unspecified atom stereocenters. The molecular formula is C20H25N5O2S. The van der Waals surface area contributed by atoms with Crippen molar-refractivity contribution in [3.8, 4) is 0 Å². The van der Waals surface area contributed by atoms with Gasteiger partial charge in [-0.1, -0.05) is 43.7 Å². The molecule has 1 aromatic carbocycles. The van der Waals surface area contributed by atoms with Crippen LogP contribution in [0.5, 0.6) is 0 Å². The summed E-state index contributed by atoms with van der Waals surface area (Å²) in [6.45, 7) is 4.48. The lowest BCUT2D eigenvalue weighted by molar-refractivity contribution is -0.116. The Bertz CT molecular complexity index is 877. The average molecular weight is 400 g/mol. The number of para-hydroxylation sites is 1. The second kappa shape index (κ2) is 7.87. The van der Waals surface area contributed by atoms with Gasteiger partial charge in [-0.2, -0.15) is 0 Å². The van der Waals surface area contributed by atoms with Gasteiger partial charge in [0.15, 0.2) is 0 Å². The van der Waals surface area contributed by atoms with Crippen LogP contribution in [0.25, 0.3) is 0 Å². The third-order valence-electron chi connectivity index (χ3n) is 5.41. The highest BCUT2D eigenvalue weighted by Gasteiger charge is 2.33. The number of hydrogen-bond acceptors (Lipinski definition) is 6. The lowest BCUT2D eigenvalue weighted by Gasteiger charge is -2.40. The van der Waals surface area contributed by atoms with E-state index in [4.69, 9.17) is 0 Å². The fourth-order valence-corrected chi connectivity index (χ4v) is 4.52. The van der Waals surface area contributed by atoms with Crippen molar-refractivity contribution in [2.75, 3.05) is 17.2 Å². The molecule has 0 saturated heterocycles. The number of aromatic nitrogens is 2. The first-order chi connectivity index (χ1) is 13.5. The molecule has 7 nitrogen and oxygen atoms in total. The largest absolute Gasteiger partial charge is 0.364 e. The van der Waals surface area contributed by atoms with Gasteiger partial charge in [-0.15, -0.1) is 10.2 Å². The number of fused-ring (bicyclic) bond motifs is 1. The molecular weight excluding hydrogens is 374 g/mol. The van der Waals surface area contributed by atoms with Crippen LogP contribution in [-0.4, -0.2) is 39.6 Å². The van der Waals surface area contributed by atoms with E-state index < -0.39 is 0 Å². The molecule has 0 spiro atoms. The maximum absolute atomic E-state index is 13.0. The number of nitrogens with one attached hydrogen (secondary N) is 2. The normalized spacial score (nSPS) is 19.2. The van der Waals surface area contributed by atoms with Crippen molar-refractivity contribution >= 4 is 34.0 Å². The minimum absolute atomic E-state index is 0.0379. The van der Waals surface area contributed by atoms with Crippen LogP contribution in [0.3, 0.4) is 0 Å². The molecule has 148 valence electrons. The van der Waals surface area contributed by atoms with Gasteiger partial charge in [0, 0.05) is 24.6 Å². The molecule has 1 aliphatic heterocycles. The molecule has 2 heterocycles. The Morgan fingerprint density at radius 1 is 1.32 bits per heavy atom. The first kappa shape index (κ1) is 18.9. The fraction of sp³-hybridized carbons (Fsp3) is 0.500. The van der Waals surface area contributed by atoms with Crippen molar-refractivity contribution in [1.82, 2.24) is 15.1 Å². The third kappa shape index (κ3) is 3.73. The zero-order valence-corrected chi connectivity index (χ0v) is 17.0. The van der Waals surface area contributed by atoms with Gasteiger partial charge in [0.2, 0.25) is 11.0 Å². The van der Waals surface area contributed by atoms with Crippen LogP contribution in [0.4, 0.5) is 10.8 Å². The molecule has 1 atom stereocenters. The summed E-state index contributed by atoms with van der Waals surface area (Å²) in [5.41, 5.74) is 1.50. The molecule has 1 aromatic heterocycles. The van der Waals surface area contributed by atoms with Crippen LogP contribution in [0.2, 0.25) is 0 Å². The van der Waals surface area contributed by atoms with Crippen molar-refractivity contribution in [3.63, 3.8) is 0 Å². The van der Waals surface area contributed by atoms with E-state index >= 15 is 0 Å². The Balaban J connectivity index is 1.39. The Labute approximate surface area is 168 Å². The molecule has 2 N–H and O–H groups in total. The maximum Gasteiger partial charge on any atom is 0.257 e. The number of hydrogen-bond donors (Lipinski definition) is 2. The van der Waals surface area contributed by atoms with Crippen LogP contribution in [0.1, 0.15) is 60.8 Å². The van der Waals surface area contributed by atoms with Crippen molar-refractivity contribution in [2.45, 2.75) is 51.6 Å². The summed E-state index contributed by atoms with van der Waals surface area (Å²) >= 11 is 1.46. The quantitative estimate of drug-likeness (QED) is 0.774. The van der Waals surface area contributed by atoms with Crippen LogP contribution >= 0.6 is 11.3 Å². The van der Waals surface area contributed by atoms with Gasteiger partial charge < -0.3 is 15.5 Å². The molecule has 2 amide bonds. The second-order valence-electron chi connectivity index (χ2n) is 7.75. The van der Waals surface area contributed by atoms with Crippen LogP contribution in [-0.2, 0) is 4.79 Å². The van der Waals surface area contributed by atoms with Crippen LogP contribution in [0, 0.1) is 5.92 Å². The van der Waals surface area contributed by atoms with E-state index in [0.717, 1.165) is 23.5 Å². The summed E-state index contributed by atoms with van der Waals surface area (Å²) < 4.78 is 0. The van der Waals surface area contributed by atoms with E-state index in [1.54, 1.807) is 4.90 Å². The molecule has 1 saturated carbocycles. The Morgan fingerprint density at radius 3 is 2.82 bits per heavy atom. The number of rotatable bonds is 6. The molecule has 2 aliphatic rings. The first-order valence-electron chi connectivity index (χ1n) is 9.82. The van der Waals surface area contributed by atoms with E-state index in [1.165, 1.54) is 17.8 Å². The van der Waals surface area contributed by atoms with Gasteiger partial charge >= 0.3 is 0 Å². The zero-order chi connectivity index (χ0) is 19.7. The summed E-state index contributed by atoms with van der Waals surface area (Å²) in [4.78, 5) is 27.1. The average Bonchev–Trinajstić information content (AvgIpc) is 3.06. The van der Waals surface area contributed by atoms with E-state index in [0.29, 0.717) is 23.2 Å². The van der Waals surface area contributed by atoms with Gasteiger partial charge in [-0.3, -0.25) is 9.59 Å². The maximum atomic E-state index is 13.0. The van der Waals surface area contributed by atoms with Gasteiger partial charge in [0.1, 0.15) is 11.2 Å². The van der Waals surface area contributed by atoms with E-state index in [2.05, 4.69) is 34.7 Å². The van der Waals surface area contributed by atoms with E-state index in [-0.39, 0.29) is 30.3 Å². The molecule has 4 rings (SSSR count). The lowest BCUT2D eigenvalue weighted by atomic mass is 9.86. The molecule has 2 aromatic rings. The van der Waals surface area contributed by atoms with Gasteiger partial charge in [0.05, 0.1) is 5.56 Å². The summed E-state index contributed by atoms with van der Waals surface area (Å²) in [6, 6.07) is 7.51. The zero-order valence-electron chi connectivity index (χ0n) is 16.1. The summed E-state index contributed by atoms with van der Waals surface area (Å²) in [7, 11) is 0. The third-order valence-corrected chi connectivity index (χ3v) is 6.41. The molecule has 0 radical (unpaired) electrons. The Hall–Kier alpha value is -2.48. The van der Waals surface area contributed by atoms with Crippen molar-refractivity contribution < 1.29 is 9.59 Å². The highest BCUT2D eigenvalue weighted by molar-refractivity contribution is 7.15. The molecule has 8 heteroatoms. The van der Waals surface area contributed by atoms with E-state index in [1.807, 2.05) is 24.3 Å². The van der Waals surface area contributed by atoms with Crippen LogP contribution < -0.4 is 10.6 Å². The topological polar surface area (TPSA) is 87.2 Å². The fourth-order valence-electron chi connectivity index (χ4n) is 3.59. The predicted octanol–water partition coefficient (Wildman–Crippen LogP) is 3.68. The highest BCUT2D eigenvalue weighted by atomic mass is 32.1. The Morgan fingerprint density at radius 2 is 2.11 bits per heavy atom. The number of benzene rings is 1. The van der Waals surface area contributed by atoms with Crippen LogP contribution in [0.15, 0.2) is 24.3 Å². The summed E-state index contributed by atoms with van der Waals surface area (Å²) in [6.07, 6.45) is 3.64. The summed E-state index contributed by atoms with van der Waals surface area (Å²) in [5.74, 6) is 0.537. The van der Waals surface area contributed by atoms with Gasteiger partial charge in [-0.25, -0.2) is 0 Å². The highest BCUT2D eigenvalue weighted by Crippen LogP contribution is 2.38. The minimum Gasteiger partial charge on any atom is -0.364 e. The number of carbonyl (C=O) groups excluding carboxylic acids is 2. The minimum atomic E-state index is -0.148. The summed E-state index contributed by atoms with van der Waals surface area (Å²) in [5, 5.41) is 16.1. The second-order valence-corrected chi connectivity index (χ2v) is 8.76. The molecule has 1 fully saturated rings. The lowest BCUT2D eigenvalue weighted by Crippen LogP contribution is -2.52. The molecule has 0 bridgehead atoms. The number of amides is 2. The standard InChI is InChI=1S/C20H25N5O2S/c1-12(2)17-21-15-9-4-3-8-14(15)19(27)25(17)11-10-16(26)22-20-24-23-18(28-20)13-6-5-7-13/h3-4,8-9,12-13,17,21H,5-7,10-11H2,1-2H3,(H,22,24,26)/t17-/m0/s1. The SMILES string of the molecule is CC(C)[C@H]1Nc2ccccc2C(=O)N1CCC(=O)Nc1nnc(C2CCC2)s1.